The number of nitro benzene ring substituents is 1. The molecule has 0 saturated carbocycles. The minimum absolute atomic E-state index is 0.0116. The highest BCUT2D eigenvalue weighted by atomic mass is 35.5. The molecule has 0 unspecified atom stereocenters. The second-order valence-corrected chi connectivity index (χ2v) is 5.36. The highest BCUT2D eigenvalue weighted by molar-refractivity contribution is 6.41. The molecular weight excluding hydrogens is 347 g/mol. The molecular formula is C13H10Cl2N4O4. The van der Waals surface area contributed by atoms with Crippen LogP contribution in [0.3, 0.4) is 0 Å². The van der Waals surface area contributed by atoms with Crippen molar-refractivity contribution in [1.29, 1.82) is 0 Å². The number of anilines is 1. The van der Waals surface area contributed by atoms with Gasteiger partial charge in [-0.05, 0) is 13.0 Å². The molecule has 1 heterocycles. The zero-order valence-corrected chi connectivity index (χ0v) is 13.3. The molecule has 23 heavy (non-hydrogen) atoms. The molecule has 0 saturated heterocycles. The number of amides is 1. The summed E-state index contributed by atoms with van der Waals surface area (Å²) in [4.78, 5) is 34.0. The third kappa shape index (κ3) is 3.85. The minimum Gasteiger partial charge on any atom is -0.324 e. The van der Waals surface area contributed by atoms with Crippen LogP contribution in [0.2, 0.25) is 10.0 Å². The Morgan fingerprint density at radius 1 is 1.43 bits per heavy atom. The molecule has 1 N–H and O–H groups in total. The Morgan fingerprint density at radius 2 is 2.13 bits per heavy atom. The highest BCUT2D eigenvalue weighted by Crippen LogP contribution is 2.22. The number of nitro groups is 1. The Balaban J connectivity index is 2.18. The predicted octanol–water partition coefficient (Wildman–Crippen LogP) is 2.41. The number of halogens is 2. The number of benzene rings is 1. The van der Waals surface area contributed by atoms with Gasteiger partial charge in [0.1, 0.15) is 11.6 Å². The molecule has 1 aromatic carbocycles. The van der Waals surface area contributed by atoms with E-state index in [1.807, 2.05) is 0 Å². The molecule has 0 bridgehead atoms. The molecule has 1 amide bonds. The van der Waals surface area contributed by atoms with Gasteiger partial charge in [0.05, 0.1) is 16.1 Å². The molecule has 1 aromatic heterocycles. The quantitative estimate of drug-likeness (QED) is 0.668. The van der Waals surface area contributed by atoms with Gasteiger partial charge < -0.3 is 5.32 Å². The van der Waals surface area contributed by atoms with Crippen LogP contribution < -0.4 is 10.9 Å². The normalized spacial score (nSPS) is 10.4. The summed E-state index contributed by atoms with van der Waals surface area (Å²) < 4.78 is 0.839. The number of aromatic nitrogens is 2. The zero-order valence-electron chi connectivity index (χ0n) is 11.7. The van der Waals surface area contributed by atoms with Crippen LogP contribution in [0.5, 0.6) is 0 Å². The first kappa shape index (κ1) is 16.9. The highest BCUT2D eigenvalue weighted by Gasteiger charge is 2.14. The van der Waals surface area contributed by atoms with Crippen molar-refractivity contribution in [2.75, 3.05) is 5.32 Å². The maximum absolute atomic E-state index is 11.9. The lowest BCUT2D eigenvalue weighted by molar-refractivity contribution is -0.385. The second kappa shape index (κ2) is 6.76. The van der Waals surface area contributed by atoms with E-state index in [2.05, 4.69) is 10.4 Å². The van der Waals surface area contributed by atoms with Gasteiger partial charge in [-0.1, -0.05) is 29.3 Å². The SMILES string of the molecule is Cc1ccc(NC(=O)Cn2ncc(Cl)c(Cl)c2=O)cc1[N+](=O)[O-]. The summed E-state index contributed by atoms with van der Waals surface area (Å²) in [5.41, 5.74) is -0.118. The number of carbonyl (C=O) groups excluding carboxylic acids is 1. The average Bonchev–Trinajstić information content (AvgIpc) is 2.49. The summed E-state index contributed by atoms with van der Waals surface area (Å²) in [7, 11) is 0. The first-order chi connectivity index (χ1) is 10.8. The van der Waals surface area contributed by atoms with E-state index in [1.54, 1.807) is 6.92 Å². The standard InChI is InChI=1S/C13H10Cl2N4O4/c1-7-2-3-8(4-10(7)19(22)23)17-11(20)6-18-13(21)12(15)9(14)5-16-18/h2-5H,6H2,1H3,(H,17,20). The van der Waals surface area contributed by atoms with Crippen molar-refractivity contribution in [2.24, 2.45) is 0 Å². The van der Waals surface area contributed by atoms with Crippen LogP contribution in [-0.4, -0.2) is 20.6 Å². The Bertz CT molecular complexity index is 850. The van der Waals surface area contributed by atoms with E-state index in [1.165, 1.54) is 18.2 Å². The Morgan fingerprint density at radius 3 is 2.78 bits per heavy atom. The fourth-order valence-electron chi connectivity index (χ4n) is 1.78. The zero-order chi connectivity index (χ0) is 17.1. The number of rotatable bonds is 4. The fourth-order valence-corrected chi connectivity index (χ4v) is 2.05. The first-order valence-corrected chi connectivity index (χ1v) is 7.01. The van der Waals surface area contributed by atoms with Crippen molar-refractivity contribution in [2.45, 2.75) is 13.5 Å². The summed E-state index contributed by atoms with van der Waals surface area (Å²) in [6.45, 7) is 1.18. The Kier molecular flexibility index (Phi) is 4.97. The lowest BCUT2D eigenvalue weighted by atomic mass is 10.2. The minimum atomic E-state index is -0.704. The van der Waals surface area contributed by atoms with E-state index in [-0.39, 0.29) is 21.4 Å². The molecule has 120 valence electrons. The summed E-state index contributed by atoms with van der Waals surface area (Å²) >= 11 is 11.3. The summed E-state index contributed by atoms with van der Waals surface area (Å²) in [6.07, 6.45) is 1.15. The fraction of sp³-hybridized carbons (Fsp3) is 0.154. The predicted molar refractivity (Wildman–Crippen MR) is 85.0 cm³/mol. The average molecular weight is 357 g/mol. The van der Waals surface area contributed by atoms with Crippen LogP contribution in [-0.2, 0) is 11.3 Å². The number of hydrogen-bond donors (Lipinski definition) is 1. The molecule has 0 fully saturated rings. The van der Waals surface area contributed by atoms with E-state index in [4.69, 9.17) is 23.2 Å². The van der Waals surface area contributed by atoms with Crippen molar-refractivity contribution < 1.29 is 9.72 Å². The maximum Gasteiger partial charge on any atom is 0.287 e. The van der Waals surface area contributed by atoms with Crippen molar-refractivity contribution in [3.8, 4) is 0 Å². The third-order valence-electron chi connectivity index (χ3n) is 2.93. The van der Waals surface area contributed by atoms with Crippen LogP contribution in [0.1, 0.15) is 5.56 Å². The van der Waals surface area contributed by atoms with E-state index in [9.17, 15) is 19.7 Å². The largest absolute Gasteiger partial charge is 0.324 e. The van der Waals surface area contributed by atoms with Crippen molar-refractivity contribution >= 4 is 40.5 Å². The second-order valence-electron chi connectivity index (χ2n) is 4.58. The van der Waals surface area contributed by atoms with Gasteiger partial charge in [0.25, 0.3) is 11.2 Å². The van der Waals surface area contributed by atoms with Gasteiger partial charge in [-0.3, -0.25) is 19.7 Å². The van der Waals surface area contributed by atoms with Gasteiger partial charge in [-0.25, -0.2) is 4.68 Å². The van der Waals surface area contributed by atoms with Crippen LogP contribution in [0, 0.1) is 17.0 Å². The topological polar surface area (TPSA) is 107 Å². The summed E-state index contributed by atoms with van der Waals surface area (Å²) in [6, 6.07) is 4.26. The maximum atomic E-state index is 11.9. The smallest absolute Gasteiger partial charge is 0.287 e. The monoisotopic (exact) mass is 356 g/mol. The van der Waals surface area contributed by atoms with Gasteiger partial charge in [-0.2, -0.15) is 5.10 Å². The van der Waals surface area contributed by atoms with E-state index in [0.717, 1.165) is 10.9 Å². The van der Waals surface area contributed by atoms with Crippen LogP contribution in [0.15, 0.2) is 29.2 Å². The van der Waals surface area contributed by atoms with Crippen molar-refractivity contribution in [3.63, 3.8) is 0 Å². The molecule has 0 aliphatic heterocycles. The molecule has 0 radical (unpaired) electrons. The van der Waals surface area contributed by atoms with Gasteiger partial charge in [0.2, 0.25) is 5.91 Å². The van der Waals surface area contributed by atoms with Crippen LogP contribution >= 0.6 is 23.2 Å². The van der Waals surface area contributed by atoms with Crippen LogP contribution in [0.25, 0.3) is 0 Å². The molecule has 0 atom stereocenters. The Labute approximate surface area is 139 Å². The molecule has 8 nitrogen and oxygen atoms in total. The molecule has 10 heteroatoms. The molecule has 0 spiro atoms. The number of aryl methyl sites for hydroxylation is 1. The van der Waals surface area contributed by atoms with Gasteiger partial charge >= 0.3 is 0 Å². The summed E-state index contributed by atoms with van der Waals surface area (Å²) in [5, 5.41) is 16.8. The number of nitrogens with zero attached hydrogens (tertiary/aromatic N) is 3. The van der Waals surface area contributed by atoms with E-state index < -0.39 is 22.9 Å². The molecule has 0 aliphatic rings. The third-order valence-corrected chi connectivity index (χ3v) is 3.67. The number of nitrogens with one attached hydrogen (secondary N) is 1. The molecule has 2 aromatic rings. The van der Waals surface area contributed by atoms with Crippen molar-refractivity contribution in [1.82, 2.24) is 9.78 Å². The number of hydrogen-bond acceptors (Lipinski definition) is 5. The van der Waals surface area contributed by atoms with E-state index >= 15 is 0 Å². The molecule has 0 aliphatic carbocycles. The lowest BCUT2D eigenvalue weighted by Crippen LogP contribution is -2.29. The van der Waals surface area contributed by atoms with Gasteiger partial charge in [-0.15, -0.1) is 0 Å². The first-order valence-electron chi connectivity index (χ1n) is 6.25. The lowest BCUT2D eigenvalue weighted by Gasteiger charge is -2.08. The number of carbonyl (C=O) groups is 1. The van der Waals surface area contributed by atoms with E-state index in [0.29, 0.717) is 5.56 Å². The summed E-state index contributed by atoms with van der Waals surface area (Å²) in [5.74, 6) is -0.587. The Hall–Kier alpha value is -2.45. The van der Waals surface area contributed by atoms with Gasteiger partial charge in [0.15, 0.2) is 0 Å². The van der Waals surface area contributed by atoms with Gasteiger partial charge in [0, 0.05) is 17.3 Å². The van der Waals surface area contributed by atoms with Crippen molar-refractivity contribution in [3.05, 3.63) is 60.5 Å². The molecule has 2 rings (SSSR count). The van der Waals surface area contributed by atoms with Crippen LogP contribution in [0.4, 0.5) is 11.4 Å².